The van der Waals surface area contributed by atoms with Gasteiger partial charge in [0.05, 0.1) is 5.41 Å². The van der Waals surface area contributed by atoms with E-state index in [4.69, 9.17) is 0 Å². The number of nitrogens with one attached hydrogen (secondary N) is 1. The molecule has 0 aromatic rings. The standard InChI is InChI=1S/C15H21NO3/c17-12(11-1-2-11)16-15-6-9-3-10(7-15)5-14(4-9,8-15)13(18)19/h9-11H,1-8H2,(H,16,17)(H,18,19). The lowest BCUT2D eigenvalue weighted by molar-refractivity contribution is -0.169. The summed E-state index contributed by atoms with van der Waals surface area (Å²) in [5.41, 5.74) is -0.733. The molecule has 0 heterocycles. The van der Waals surface area contributed by atoms with Crippen molar-refractivity contribution in [1.82, 2.24) is 5.32 Å². The fourth-order valence-electron chi connectivity index (χ4n) is 5.37. The van der Waals surface area contributed by atoms with Crippen LogP contribution in [0, 0.1) is 23.2 Å². The van der Waals surface area contributed by atoms with E-state index in [2.05, 4.69) is 5.32 Å². The Bertz CT molecular complexity index is 440. The molecule has 5 aliphatic carbocycles. The molecule has 4 nitrogen and oxygen atoms in total. The van der Waals surface area contributed by atoms with Crippen LogP contribution in [0.4, 0.5) is 0 Å². The van der Waals surface area contributed by atoms with Gasteiger partial charge in [0.1, 0.15) is 0 Å². The van der Waals surface area contributed by atoms with Crippen LogP contribution >= 0.6 is 0 Å². The molecule has 5 rings (SSSR count). The average molecular weight is 263 g/mol. The van der Waals surface area contributed by atoms with E-state index in [-0.39, 0.29) is 17.4 Å². The third-order valence-corrected chi connectivity index (χ3v) is 5.85. The molecule has 0 aliphatic heterocycles. The van der Waals surface area contributed by atoms with Crippen LogP contribution < -0.4 is 5.32 Å². The SMILES string of the molecule is O=C(NC12CC3CC(C1)CC(C(=O)O)(C3)C2)C1CC1. The number of amides is 1. The van der Waals surface area contributed by atoms with Gasteiger partial charge in [-0.2, -0.15) is 0 Å². The zero-order chi connectivity index (χ0) is 13.3. The van der Waals surface area contributed by atoms with E-state index in [9.17, 15) is 14.7 Å². The van der Waals surface area contributed by atoms with E-state index in [1.54, 1.807) is 0 Å². The summed E-state index contributed by atoms with van der Waals surface area (Å²) in [6.45, 7) is 0. The number of hydrogen-bond acceptors (Lipinski definition) is 2. The molecule has 0 spiro atoms. The second-order valence-corrected chi connectivity index (χ2v) is 7.59. The van der Waals surface area contributed by atoms with E-state index in [0.717, 1.165) is 38.5 Å². The minimum atomic E-state index is -0.633. The molecule has 4 heteroatoms. The number of carbonyl (C=O) groups excluding carboxylic acids is 1. The molecule has 5 saturated carbocycles. The summed E-state index contributed by atoms with van der Waals surface area (Å²) in [4.78, 5) is 23.8. The summed E-state index contributed by atoms with van der Waals surface area (Å²) < 4.78 is 0. The first-order chi connectivity index (χ1) is 9.00. The van der Waals surface area contributed by atoms with E-state index in [0.29, 0.717) is 18.3 Å². The van der Waals surface area contributed by atoms with Crippen molar-refractivity contribution in [3.8, 4) is 0 Å². The number of aliphatic carboxylic acids is 1. The zero-order valence-electron chi connectivity index (χ0n) is 11.2. The Morgan fingerprint density at radius 1 is 1.05 bits per heavy atom. The van der Waals surface area contributed by atoms with Crippen LogP contribution in [0.5, 0.6) is 0 Å². The molecule has 0 aromatic heterocycles. The highest BCUT2D eigenvalue weighted by atomic mass is 16.4. The highest BCUT2D eigenvalue weighted by molar-refractivity contribution is 5.82. The molecule has 4 bridgehead atoms. The summed E-state index contributed by atoms with van der Waals surface area (Å²) in [5, 5.41) is 12.9. The van der Waals surface area contributed by atoms with Gasteiger partial charge in [0.2, 0.25) is 5.91 Å². The van der Waals surface area contributed by atoms with E-state index in [1.807, 2.05) is 0 Å². The molecule has 0 radical (unpaired) electrons. The van der Waals surface area contributed by atoms with Crippen LogP contribution in [0.15, 0.2) is 0 Å². The summed E-state index contributed by atoms with van der Waals surface area (Å²) in [6.07, 6.45) is 7.56. The monoisotopic (exact) mass is 263 g/mol. The Kier molecular flexibility index (Phi) is 2.18. The van der Waals surface area contributed by atoms with Crippen LogP contribution in [0.25, 0.3) is 0 Å². The van der Waals surface area contributed by atoms with Crippen LogP contribution in [0.3, 0.4) is 0 Å². The molecule has 2 atom stereocenters. The maximum atomic E-state index is 12.1. The molecule has 19 heavy (non-hydrogen) atoms. The van der Waals surface area contributed by atoms with Gasteiger partial charge in [-0.05, 0) is 63.2 Å². The van der Waals surface area contributed by atoms with Gasteiger partial charge >= 0.3 is 5.97 Å². The lowest BCUT2D eigenvalue weighted by atomic mass is 9.47. The minimum absolute atomic E-state index is 0.183. The first-order valence-corrected chi connectivity index (χ1v) is 7.56. The molecule has 0 saturated heterocycles. The van der Waals surface area contributed by atoms with Crippen LogP contribution in [0.1, 0.15) is 51.4 Å². The smallest absolute Gasteiger partial charge is 0.309 e. The van der Waals surface area contributed by atoms with Gasteiger partial charge in [-0.15, -0.1) is 0 Å². The van der Waals surface area contributed by atoms with Crippen molar-refractivity contribution in [2.45, 2.75) is 56.9 Å². The molecule has 0 aromatic carbocycles. The number of carbonyl (C=O) groups is 2. The highest BCUT2D eigenvalue weighted by Crippen LogP contribution is 2.61. The summed E-state index contributed by atoms with van der Waals surface area (Å²) >= 11 is 0. The van der Waals surface area contributed by atoms with Gasteiger partial charge in [0.25, 0.3) is 0 Å². The van der Waals surface area contributed by atoms with Crippen molar-refractivity contribution >= 4 is 11.9 Å². The van der Waals surface area contributed by atoms with Gasteiger partial charge < -0.3 is 10.4 Å². The van der Waals surface area contributed by atoms with E-state index >= 15 is 0 Å². The second-order valence-electron chi connectivity index (χ2n) is 7.59. The molecular formula is C15H21NO3. The maximum absolute atomic E-state index is 12.1. The zero-order valence-corrected chi connectivity index (χ0v) is 11.2. The van der Waals surface area contributed by atoms with Gasteiger partial charge in [0, 0.05) is 11.5 Å². The summed E-state index contributed by atoms with van der Waals surface area (Å²) in [5.74, 6) is 0.789. The maximum Gasteiger partial charge on any atom is 0.309 e. The largest absolute Gasteiger partial charge is 0.481 e. The third kappa shape index (κ3) is 1.72. The van der Waals surface area contributed by atoms with Crippen molar-refractivity contribution in [2.75, 3.05) is 0 Å². The van der Waals surface area contributed by atoms with Crippen molar-refractivity contribution in [3.63, 3.8) is 0 Å². The average Bonchev–Trinajstić information content (AvgIpc) is 3.09. The van der Waals surface area contributed by atoms with Gasteiger partial charge in [-0.1, -0.05) is 0 Å². The molecule has 1 amide bonds. The van der Waals surface area contributed by atoms with Crippen molar-refractivity contribution in [1.29, 1.82) is 0 Å². The lowest BCUT2D eigenvalue weighted by Crippen LogP contribution is -2.65. The van der Waals surface area contributed by atoms with Crippen LogP contribution in [-0.2, 0) is 9.59 Å². The first-order valence-electron chi connectivity index (χ1n) is 7.56. The normalized spacial score (nSPS) is 47.2. The van der Waals surface area contributed by atoms with Gasteiger partial charge in [-0.25, -0.2) is 0 Å². The van der Waals surface area contributed by atoms with Crippen molar-refractivity contribution < 1.29 is 14.7 Å². The Morgan fingerprint density at radius 3 is 2.21 bits per heavy atom. The van der Waals surface area contributed by atoms with Gasteiger partial charge in [-0.3, -0.25) is 9.59 Å². The van der Waals surface area contributed by atoms with Crippen molar-refractivity contribution in [3.05, 3.63) is 0 Å². The predicted molar refractivity (Wildman–Crippen MR) is 68.3 cm³/mol. The number of rotatable bonds is 3. The molecule has 2 unspecified atom stereocenters. The third-order valence-electron chi connectivity index (χ3n) is 5.85. The number of carboxylic acid groups (broad SMARTS) is 1. The lowest BCUT2D eigenvalue weighted by Gasteiger charge is -2.60. The Balaban J connectivity index is 1.62. The predicted octanol–water partition coefficient (Wildman–Crippen LogP) is 1.94. The van der Waals surface area contributed by atoms with Crippen molar-refractivity contribution in [2.24, 2.45) is 23.2 Å². The minimum Gasteiger partial charge on any atom is -0.481 e. The Labute approximate surface area is 112 Å². The molecule has 2 N–H and O–H groups in total. The summed E-state index contributed by atoms with van der Waals surface area (Å²) in [6, 6.07) is 0. The number of hydrogen-bond donors (Lipinski definition) is 2. The molecule has 5 fully saturated rings. The quantitative estimate of drug-likeness (QED) is 0.817. The van der Waals surface area contributed by atoms with E-state index < -0.39 is 11.4 Å². The fourth-order valence-corrected chi connectivity index (χ4v) is 5.37. The Hall–Kier alpha value is -1.06. The first kappa shape index (κ1) is 11.7. The van der Waals surface area contributed by atoms with Crippen LogP contribution in [0.2, 0.25) is 0 Å². The topological polar surface area (TPSA) is 66.4 Å². The molecular weight excluding hydrogens is 242 g/mol. The van der Waals surface area contributed by atoms with Crippen LogP contribution in [-0.4, -0.2) is 22.5 Å². The van der Waals surface area contributed by atoms with E-state index in [1.165, 1.54) is 6.42 Å². The second kappa shape index (κ2) is 3.53. The van der Waals surface area contributed by atoms with Gasteiger partial charge in [0.15, 0.2) is 0 Å². The molecule has 5 aliphatic rings. The highest BCUT2D eigenvalue weighted by Gasteiger charge is 2.61. The Morgan fingerprint density at radius 2 is 1.68 bits per heavy atom. The molecule has 104 valence electrons. The number of carboxylic acids is 1. The fraction of sp³-hybridized carbons (Fsp3) is 0.867. The summed E-state index contributed by atoms with van der Waals surface area (Å²) in [7, 11) is 0.